The van der Waals surface area contributed by atoms with Gasteiger partial charge >= 0.3 is 5.97 Å². The van der Waals surface area contributed by atoms with Gasteiger partial charge < -0.3 is 9.67 Å². The van der Waals surface area contributed by atoms with Crippen molar-refractivity contribution in [2.45, 2.75) is 44.6 Å². The van der Waals surface area contributed by atoms with Crippen LogP contribution in [-0.2, 0) is 27.8 Å². The molecule has 0 unspecified atom stereocenters. The third kappa shape index (κ3) is 3.55. The van der Waals surface area contributed by atoms with E-state index in [0.717, 1.165) is 18.4 Å². The summed E-state index contributed by atoms with van der Waals surface area (Å²) in [5, 5.41) is 18.6. The van der Waals surface area contributed by atoms with Crippen LogP contribution in [0.4, 0.5) is 0 Å². The molecule has 148 valence electrons. The fourth-order valence-electron chi connectivity index (χ4n) is 3.84. The van der Waals surface area contributed by atoms with E-state index >= 15 is 0 Å². The van der Waals surface area contributed by atoms with Crippen LogP contribution >= 0.6 is 0 Å². The van der Waals surface area contributed by atoms with Crippen LogP contribution in [-0.4, -0.2) is 41.5 Å². The van der Waals surface area contributed by atoms with E-state index in [9.17, 15) is 18.5 Å². The largest absolute Gasteiger partial charge is 0.480 e. The monoisotopic (exact) mass is 401 g/mol. The third-order valence-electron chi connectivity index (χ3n) is 5.34. The summed E-state index contributed by atoms with van der Waals surface area (Å²) in [5.41, 5.74) is 3.11. The topological polar surface area (TPSA) is 103 Å². The van der Waals surface area contributed by atoms with Crippen molar-refractivity contribution in [3.8, 4) is 6.07 Å². The lowest BCUT2D eigenvalue weighted by Gasteiger charge is -2.18. The van der Waals surface area contributed by atoms with Gasteiger partial charge in [-0.3, -0.25) is 4.79 Å². The molecule has 0 radical (unpaired) electrons. The molecular formula is C20H23N3O4S. The average Bonchev–Trinajstić information content (AvgIpc) is 3.26. The van der Waals surface area contributed by atoms with Gasteiger partial charge in [-0.15, -0.1) is 0 Å². The lowest BCUT2D eigenvalue weighted by Crippen LogP contribution is -2.28. The van der Waals surface area contributed by atoms with Crippen LogP contribution in [0.5, 0.6) is 0 Å². The van der Waals surface area contributed by atoms with Crippen LogP contribution in [0.15, 0.2) is 29.2 Å². The smallest absolute Gasteiger partial charge is 0.323 e. The molecule has 1 aliphatic rings. The predicted octanol–water partition coefficient (Wildman–Crippen LogP) is 2.44. The number of hydrogen-bond acceptors (Lipinski definition) is 4. The SMILES string of the molecule is Cc1c(Cc2ccccc2S(=O)(=O)N2CCCC2)c(C)n(CC(=O)O)c1C#N. The molecule has 7 nitrogen and oxygen atoms in total. The number of nitrogens with zero attached hydrogens (tertiary/aromatic N) is 3. The lowest BCUT2D eigenvalue weighted by molar-refractivity contribution is -0.137. The van der Waals surface area contributed by atoms with E-state index in [1.54, 1.807) is 38.1 Å². The number of nitriles is 1. The van der Waals surface area contributed by atoms with Crippen molar-refractivity contribution in [2.75, 3.05) is 13.1 Å². The molecule has 0 bridgehead atoms. The second kappa shape index (κ2) is 7.78. The number of hydrogen-bond donors (Lipinski definition) is 1. The molecule has 0 atom stereocenters. The second-order valence-corrected chi connectivity index (χ2v) is 8.93. The first-order chi connectivity index (χ1) is 13.3. The first-order valence-corrected chi connectivity index (χ1v) is 10.6. The van der Waals surface area contributed by atoms with Crippen LogP contribution in [0.3, 0.4) is 0 Å². The predicted molar refractivity (Wildman–Crippen MR) is 103 cm³/mol. The van der Waals surface area contributed by atoms with Gasteiger partial charge in [0.2, 0.25) is 10.0 Å². The normalized spacial score (nSPS) is 14.9. The van der Waals surface area contributed by atoms with Gasteiger partial charge in [0, 0.05) is 25.2 Å². The van der Waals surface area contributed by atoms with Gasteiger partial charge in [0.25, 0.3) is 0 Å². The Morgan fingerprint density at radius 3 is 2.46 bits per heavy atom. The highest BCUT2D eigenvalue weighted by Gasteiger charge is 2.29. The number of aliphatic carboxylic acids is 1. The minimum absolute atomic E-state index is 0.278. The Balaban J connectivity index is 2.06. The molecule has 1 N–H and O–H groups in total. The number of carbonyl (C=O) groups is 1. The molecule has 28 heavy (non-hydrogen) atoms. The summed E-state index contributed by atoms with van der Waals surface area (Å²) >= 11 is 0. The molecule has 0 aliphatic carbocycles. The molecule has 0 spiro atoms. The number of carboxylic acids is 1. The van der Waals surface area contributed by atoms with Crippen molar-refractivity contribution < 1.29 is 18.3 Å². The second-order valence-electron chi connectivity index (χ2n) is 7.02. The number of aromatic nitrogens is 1. The standard InChI is InChI=1S/C20H23N3O4S/c1-14-17(15(2)23(13-20(24)25)18(14)12-21)11-16-7-3-4-8-19(16)28(26,27)22-9-5-6-10-22/h3-4,7-8H,5-6,9-11,13H2,1-2H3,(H,24,25). The van der Waals surface area contributed by atoms with Crippen molar-refractivity contribution in [1.29, 1.82) is 5.26 Å². The zero-order valence-electron chi connectivity index (χ0n) is 16.0. The Hall–Kier alpha value is -2.63. The Bertz CT molecular complexity index is 1060. The summed E-state index contributed by atoms with van der Waals surface area (Å²) in [7, 11) is -3.58. The van der Waals surface area contributed by atoms with Crippen LogP contribution < -0.4 is 0 Å². The van der Waals surface area contributed by atoms with E-state index in [1.165, 1.54) is 8.87 Å². The molecular weight excluding hydrogens is 378 g/mol. The van der Waals surface area contributed by atoms with E-state index in [-0.39, 0.29) is 11.4 Å². The first-order valence-electron chi connectivity index (χ1n) is 9.16. The van der Waals surface area contributed by atoms with E-state index in [4.69, 9.17) is 5.11 Å². The molecule has 1 saturated heterocycles. The summed E-state index contributed by atoms with van der Waals surface area (Å²) < 4.78 is 29.2. The molecule has 1 aliphatic heterocycles. The van der Waals surface area contributed by atoms with Crippen LogP contribution in [0.25, 0.3) is 0 Å². The summed E-state index contributed by atoms with van der Waals surface area (Å²) in [5.74, 6) is -1.03. The molecule has 1 aromatic heterocycles. The summed E-state index contributed by atoms with van der Waals surface area (Å²) in [6.07, 6.45) is 2.05. The maximum atomic E-state index is 13.1. The van der Waals surface area contributed by atoms with Crippen molar-refractivity contribution in [3.63, 3.8) is 0 Å². The Morgan fingerprint density at radius 1 is 1.21 bits per heavy atom. The van der Waals surface area contributed by atoms with Gasteiger partial charge in [-0.1, -0.05) is 18.2 Å². The Morgan fingerprint density at radius 2 is 1.86 bits per heavy atom. The number of sulfonamides is 1. The minimum Gasteiger partial charge on any atom is -0.480 e. The molecule has 1 aromatic carbocycles. The van der Waals surface area contributed by atoms with E-state index < -0.39 is 16.0 Å². The zero-order valence-corrected chi connectivity index (χ0v) is 16.8. The van der Waals surface area contributed by atoms with Crippen LogP contribution in [0.1, 0.15) is 40.9 Å². The summed E-state index contributed by atoms with van der Waals surface area (Å²) in [6, 6.07) is 8.98. The van der Waals surface area contributed by atoms with Gasteiger partial charge in [-0.25, -0.2) is 8.42 Å². The fourth-order valence-corrected chi connectivity index (χ4v) is 5.58. The lowest BCUT2D eigenvalue weighted by atomic mass is 10.0. The number of carboxylic acid groups (broad SMARTS) is 1. The molecule has 2 aromatic rings. The summed E-state index contributed by atoms with van der Waals surface area (Å²) in [6.45, 7) is 4.30. The Labute approximate surface area is 164 Å². The maximum absolute atomic E-state index is 13.1. The van der Waals surface area contributed by atoms with E-state index in [2.05, 4.69) is 6.07 Å². The quantitative estimate of drug-likeness (QED) is 0.801. The van der Waals surface area contributed by atoms with Crippen molar-refractivity contribution in [1.82, 2.24) is 8.87 Å². The van der Waals surface area contributed by atoms with Gasteiger partial charge in [-0.05, 0) is 49.4 Å². The molecule has 8 heteroatoms. The molecule has 2 heterocycles. The van der Waals surface area contributed by atoms with Crippen LogP contribution in [0.2, 0.25) is 0 Å². The zero-order chi connectivity index (χ0) is 20.5. The highest BCUT2D eigenvalue weighted by atomic mass is 32.2. The third-order valence-corrected chi connectivity index (χ3v) is 7.34. The number of benzene rings is 1. The van der Waals surface area contributed by atoms with Gasteiger partial charge in [0.1, 0.15) is 18.3 Å². The molecule has 0 amide bonds. The average molecular weight is 401 g/mol. The summed E-state index contributed by atoms with van der Waals surface area (Å²) in [4.78, 5) is 11.5. The van der Waals surface area contributed by atoms with Crippen molar-refractivity contribution in [2.24, 2.45) is 0 Å². The van der Waals surface area contributed by atoms with E-state index in [0.29, 0.717) is 42.0 Å². The fraction of sp³-hybridized carbons (Fsp3) is 0.400. The highest BCUT2D eigenvalue weighted by Crippen LogP contribution is 2.29. The Kier molecular flexibility index (Phi) is 5.59. The molecule has 1 fully saturated rings. The molecule has 0 saturated carbocycles. The van der Waals surface area contributed by atoms with Crippen LogP contribution in [0, 0.1) is 25.2 Å². The van der Waals surface area contributed by atoms with Crippen molar-refractivity contribution >= 4 is 16.0 Å². The number of rotatable bonds is 6. The van der Waals surface area contributed by atoms with Gasteiger partial charge in [0.15, 0.2) is 0 Å². The van der Waals surface area contributed by atoms with Gasteiger partial charge in [-0.2, -0.15) is 9.57 Å². The minimum atomic E-state index is -3.58. The van der Waals surface area contributed by atoms with E-state index in [1.807, 2.05) is 0 Å². The highest BCUT2D eigenvalue weighted by molar-refractivity contribution is 7.89. The first kappa shape index (κ1) is 20.1. The maximum Gasteiger partial charge on any atom is 0.323 e. The van der Waals surface area contributed by atoms with Gasteiger partial charge in [0.05, 0.1) is 4.90 Å². The molecule has 3 rings (SSSR count). The van der Waals surface area contributed by atoms with Crippen molar-refractivity contribution in [3.05, 3.63) is 52.3 Å².